The molecule has 1 aromatic carbocycles. The molecule has 1 aliphatic heterocycles. The second-order valence-corrected chi connectivity index (χ2v) is 7.86. The number of carboxylic acid groups (broad SMARTS) is 3. The van der Waals surface area contributed by atoms with Crippen LogP contribution in [0.4, 0.5) is 13.2 Å². The van der Waals surface area contributed by atoms with Crippen LogP contribution in [0.2, 0.25) is 0 Å². The van der Waals surface area contributed by atoms with Crippen molar-refractivity contribution in [3.63, 3.8) is 0 Å². The monoisotopic (exact) mass is 522 g/mol. The molecule has 1 atom stereocenters. The molecule has 0 spiro atoms. The maximum absolute atomic E-state index is 13.0. The number of ether oxygens (including phenoxy) is 2. The molecule has 6 N–H and O–H groups in total. The number of aliphatic carboxylic acids is 3. The second kappa shape index (κ2) is 14.2. The molecule has 0 amide bonds. The summed E-state index contributed by atoms with van der Waals surface area (Å²) >= 11 is 0. The van der Waals surface area contributed by atoms with Crippen LogP contribution in [-0.2, 0) is 19.2 Å². The van der Waals surface area contributed by atoms with Gasteiger partial charge in [0.05, 0.1) is 0 Å². The van der Waals surface area contributed by atoms with Crippen molar-refractivity contribution in [3.8, 4) is 11.5 Å². The summed E-state index contributed by atoms with van der Waals surface area (Å²) in [6.45, 7) is 1.08. The van der Waals surface area contributed by atoms with E-state index in [1.165, 1.54) is 12.1 Å². The third-order valence-corrected chi connectivity index (χ3v) is 5.26. The Kier molecular flexibility index (Phi) is 12.1. The number of carbonyl (C=O) groups excluding carboxylic acids is 1. The maximum atomic E-state index is 13.0. The topological polar surface area (TPSA) is 185 Å². The summed E-state index contributed by atoms with van der Waals surface area (Å²) in [5.41, 5.74) is 3.46. The Morgan fingerprint density at radius 3 is 2.03 bits per heavy atom. The molecule has 0 bridgehead atoms. The number of rotatable bonds is 12. The van der Waals surface area contributed by atoms with E-state index in [4.69, 9.17) is 30.2 Å². The average Bonchev–Trinajstić information content (AvgIpc) is 2.81. The lowest BCUT2D eigenvalue weighted by atomic mass is 9.86. The fourth-order valence-electron chi connectivity index (χ4n) is 3.41. The standard InChI is InChI=1S/C20H28N2O7.C2HF3O2/c21-10-9-20(19(26)27,17(23)6-5-14-7-11-22-12-8-14)29-16-4-2-1-3-15(16)28-13-18(24)25;3-2(4,5)1(6)7/h1-4,14,22H,5-13,21H2,(H,24,25)(H,26,27);(H,6,7). The summed E-state index contributed by atoms with van der Waals surface area (Å²) in [6, 6.07) is 6.06. The van der Waals surface area contributed by atoms with Gasteiger partial charge in [0.1, 0.15) is 0 Å². The predicted molar refractivity (Wildman–Crippen MR) is 118 cm³/mol. The van der Waals surface area contributed by atoms with Gasteiger partial charge in [-0.3, -0.25) is 4.79 Å². The Morgan fingerprint density at radius 1 is 1.00 bits per heavy atom. The van der Waals surface area contributed by atoms with Gasteiger partial charge in [0, 0.05) is 12.8 Å². The van der Waals surface area contributed by atoms with Gasteiger partial charge in [-0.1, -0.05) is 12.1 Å². The van der Waals surface area contributed by atoms with Gasteiger partial charge in [-0.2, -0.15) is 13.2 Å². The second-order valence-electron chi connectivity index (χ2n) is 7.86. The highest BCUT2D eigenvalue weighted by Gasteiger charge is 2.48. The quantitative estimate of drug-likeness (QED) is 0.252. The van der Waals surface area contributed by atoms with Crippen LogP contribution in [0.15, 0.2) is 24.3 Å². The third kappa shape index (κ3) is 9.70. The highest BCUT2D eigenvalue weighted by atomic mass is 19.4. The molecule has 0 aliphatic carbocycles. The molecular formula is C22H29F3N2O9. The van der Waals surface area contributed by atoms with E-state index in [0.29, 0.717) is 12.3 Å². The van der Waals surface area contributed by atoms with Gasteiger partial charge in [0.2, 0.25) is 0 Å². The van der Waals surface area contributed by atoms with Crippen LogP contribution in [0, 0.1) is 5.92 Å². The highest BCUT2D eigenvalue weighted by molar-refractivity contribution is 6.07. The number of nitrogens with one attached hydrogen (secondary N) is 1. The van der Waals surface area contributed by atoms with Gasteiger partial charge in [0.25, 0.3) is 5.60 Å². The minimum atomic E-state index is -5.08. The average molecular weight is 522 g/mol. The molecule has 36 heavy (non-hydrogen) atoms. The van der Waals surface area contributed by atoms with Crippen LogP contribution >= 0.6 is 0 Å². The normalized spacial score (nSPS) is 15.6. The molecule has 14 heteroatoms. The van der Waals surface area contributed by atoms with E-state index in [1.807, 2.05) is 0 Å². The van der Waals surface area contributed by atoms with Gasteiger partial charge < -0.3 is 35.8 Å². The molecule has 1 aromatic rings. The Labute approximate surface area is 204 Å². The van der Waals surface area contributed by atoms with Gasteiger partial charge in [-0.25, -0.2) is 14.4 Å². The minimum Gasteiger partial charge on any atom is -0.479 e. The van der Waals surface area contributed by atoms with Crippen LogP contribution < -0.4 is 20.5 Å². The fourth-order valence-corrected chi connectivity index (χ4v) is 3.41. The summed E-state index contributed by atoms with van der Waals surface area (Å²) < 4.78 is 42.6. The van der Waals surface area contributed by atoms with Crippen LogP contribution in [0.25, 0.3) is 0 Å². The van der Waals surface area contributed by atoms with Crippen LogP contribution in [0.5, 0.6) is 11.5 Å². The van der Waals surface area contributed by atoms with Crippen LogP contribution in [0.3, 0.4) is 0 Å². The van der Waals surface area contributed by atoms with Crippen LogP contribution in [0.1, 0.15) is 32.1 Å². The molecule has 0 radical (unpaired) electrons. The number of piperidine rings is 1. The number of nitrogens with two attached hydrogens (primary N) is 1. The summed E-state index contributed by atoms with van der Waals surface area (Å²) in [6.07, 6.45) is -2.76. The number of para-hydroxylation sites is 2. The van der Waals surface area contributed by atoms with Crippen molar-refractivity contribution >= 4 is 23.7 Å². The van der Waals surface area contributed by atoms with Gasteiger partial charge in [-0.15, -0.1) is 0 Å². The SMILES string of the molecule is NCCC(Oc1ccccc1OCC(=O)O)(C(=O)O)C(=O)CCC1CCNCC1.O=C(O)C(F)(F)F. The van der Waals surface area contributed by atoms with Crippen molar-refractivity contribution in [1.82, 2.24) is 5.32 Å². The smallest absolute Gasteiger partial charge is 0.479 e. The maximum Gasteiger partial charge on any atom is 0.490 e. The van der Waals surface area contributed by atoms with Crippen molar-refractivity contribution in [2.75, 3.05) is 26.2 Å². The largest absolute Gasteiger partial charge is 0.490 e. The molecule has 1 heterocycles. The first-order valence-electron chi connectivity index (χ1n) is 10.9. The van der Waals surface area contributed by atoms with Crippen molar-refractivity contribution in [3.05, 3.63) is 24.3 Å². The van der Waals surface area contributed by atoms with E-state index in [9.17, 15) is 32.7 Å². The van der Waals surface area contributed by atoms with E-state index >= 15 is 0 Å². The van der Waals surface area contributed by atoms with Crippen molar-refractivity contribution < 1.29 is 57.1 Å². The van der Waals surface area contributed by atoms with E-state index in [0.717, 1.165) is 25.9 Å². The number of alkyl halides is 3. The van der Waals surface area contributed by atoms with Gasteiger partial charge in [0.15, 0.2) is 23.9 Å². The number of benzene rings is 1. The summed E-state index contributed by atoms with van der Waals surface area (Å²) in [7, 11) is 0. The lowest BCUT2D eigenvalue weighted by Crippen LogP contribution is -2.53. The number of carboxylic acids is 3. The highest BCUT2D eigenvalue weighted by Crippen LogP contribution is 2.33. The third-order valence-electron chi connectivity index (χ3n) is 5.26. The van der Waals surface area contributed by atoms with Crippen molar-refractivity contribution in [2.45, 2.75) is 43.9 Å². The van der Waals surface area contributed by atoms with E-state index in [2.05, 4.69) is 5.32 Å². The Hall–Kier alpha value is -3.39. The van der Waals surface area contributed by atoms with Crippen molar-refractivity contribution in [2.24, 2.45) is 11.7 Å². The van der Waals surface area contributed by atoms with E-state index in [-0.39, 0.29) is 30.9 Å². The number of carbonyl (C=O) groups is 4. The fraction of sp³-hybridized carbons (Fsp3) is 0.545. The molecule has 2 rings (SSSR count). The van der Waals surface area contributed by atoms with Gasteiger partial charge in [-0.05, 0) is 56.9 Å². The summed E-state index contributed by atoms with van der Waals surface area (Å²) in [4.78, 5) is 44.8. The Balaban J connectivity index is 0.000000809. The Bertz CT molecular complexity index is 905. The molecule has 11 nitrogen and oxygen atoms in total. The number of ketones is 1. The van der Waals surface area contributed by atoms with Gasteiger partial charge >= 0.3 is 24.1 Å². The first-order valence-corrected chi connectivity index (χ1v) is 10.9. The molecule has 1 saturated heterocycles. The molecule has 1 unspecified atom stereocenters. The number of hydrogen-bond acceptors (Lipinski definition) is 8. The predicted octanol–water partition coefficient (Wildman–Crippen LogP) is 1.68. The Morgan fingerprint density at radius 2 is 1.56 bits per heavy atom. The molecule has 1 fully saturated rings. The molecular weight excluding hydrogens is 493 g/mol. The zero-order valence-corrected chi connectivity index (χ0v) is 19.3. The number of hydrogen-bond donors (Lipinski definition) is 5. The van der Waals surface area contributed by atoms with Crippen LogP contribution in [-0.4, -0.2) is 77.0 Å². The summed E-state index contributed by atoms with van der Waals surface area (Å²) in [5, 5.41) is 29.1. The lowest BCUT2D eigenvalue weighted by Gasteiger charge is -2.30. The summed E-state index contributed by atoms with van der Waals surface area (Å²) in [5.74, 6) is -5.54. The lowest BCUT2D eigenvalue weighted by molar-refractivity contribution is -0.192. The molecule has 1 aliphatic rings. The first-order chi connectivity index (χ1) is 16.8. The van der Waals surface area contributed by atoms with Crippen molar-refractivity contribution in [1.29, 1.82) is 0 Å². The van der Waals surface area contributed by atoms with E-state index in [1.54, 1.807) is 12.1 Å². The molecule has 202 valence electrons. The number of halogens is 3. The van der Waals surface area contributed by atoms with E-state index < -0.39 is 42.1 Å². The molecule has 0 saturated carbocycles. The molecule has 0 aromatic heterocycles. The number of Topliss-reactive ketones (excluding diaryl/α,β-unsaturated/α-hetero) is 1. The zero-order chi connectivity index (χ0) is 27.4. The minimum absolute atomic E-state index is 0.0141. The zero-order valence-electron chi connectivity index (χ0n) is 19.3. The first kappa shape index (κ1) is 30.6.